The second-order valence-corrected chi connectivity index (χ2v) is 4.17. The molecule has 0 radical (unpaired) electrons. The van der Waals surface area contributed by atoms with Crippen LogP contribution in [0.5, 0.6) is 5.75 Å². The van der Waals surface area contributed by atoms with Crippen molar-refractivity contribution in [2.45, 2.75) is 20.3 Å². The molecule has 0 saturated carbocycles. The number of H-pyrrole nitrogens is 1. The van der Waals surface area contributed by atoms with E-state index in [-0.39, 0.29) is 0 Å². The monoisotopic (exact) mass is 215 g/mol. The highest BCUT2D eigenvalue weighted by atomic mass is 16.5. The first-order chi connectivity index (χ1) is 7.72. The third-order valence-corrected chi connectivity index (χ3v) is 2.74. The lowest BCUT2D eigenvalue weighted by Gasteiger charge is -2.08. The predicted molar refractivity (Wildman–Crippen MR) is 68.0 cm³/mol. The van der Waals surface area contributed by atoms with Gasteiger partial charge < -0.3 is 9.72 Å². The molecule has 0 bridgehead atoms. The maximum absolute atomic E-state index is 5.41. The molecule has 0 aliphatic rings. The number of benzene rings is 1. The average molecular weight is 215 g/mol. The first kappa shape index (κ1) is 10.8. The van der Waals surface area contributed by atoms with Crippen LogP contribution in [0.15, 0.2) is 36.0 Å². The van der Waals surface area contributed by atoms with Crippen LogP contribution < -0.4 is 4.74 Å². The smallest absolute Gasteiger partial charge is 0.123 e. The zero-order chi connectivity index (χ0) is 11.5. The Morgan fingerprint density at radius 3 is 2.81 bits per heavy atom. The molecule has 1 aromatic carbocycles. The van der Waals surface area contributed by atoms with Crippen LogP contribution >= 0.6 is 0 Å². The molecule has 84 valence electrons. The minimum atomic E-state index is 0.917. The lowest BCUT2D eigenvalue weighted by atomic mass is 10.0. The Hall–Kier alpha value is -1.70. The molecule has 2 aromatic rings. The van der Waals surface area contributed by atoms with Crippen molar-refractivity contribution in [3.8, 4) is 5.75 Å². The lowest BCUT2D eigenvalue weighted by Crippen LogP contribution is -1.91. The van der Waals surface area contributed by atoms with Gasteiger partial charge in [-0.05, 0) is 38.5 Å². The fourth-order valence-electron chi connectivity index (χ4n) is 1.88. The van der Waals surface area contributed by atoms with Gasteiger partial charge >= 0.3 is 0 Å². The van der Waals surface area contributed by atoms with E-state index >= 15 is 0 Å². The summed E-state index contributed by atoms with van der Waals surface area (Å²) >= 11 is 0. The number of hydrogen-bond acceptors (Lipinski definition) is 1. The number of allylic oxidation sites excluding steroid dienone is 2. The second-order valence-electron chi connectivity index (χ2n) is 4.17. The average Bonchev–Trinajstić information content (AvgIpc) is 2.73. The number of nitrogens with one attached hydrogen (secondary N) is 1. The summed E-state index contributed by atoms with van der Waals surface area (Å²) in [5.74, 6) is 0.963. The van der Waals surface area contributed by atoms with E-state index in [9.17, 15) is 0 Å². The largest absolute Gasteiger partial charge is 0.496 e. The Labute approximate surface area is 95.9 Å². The Morgan fingerprint density at radius 1 is 1.31 bits per heavy atom. The molecule has 0 fully saturated rings. The summed E-state index contributed by atoms with van der Waals surface area (Å²) in [6.45, 7) is 4.23. The van der Waals surface area contributed by atoms with Crippen LogP contribution in [0.4, 0.5) is 0 Å². The number of aromatic nitrogens is 1. The molecule has 16 heavy (non-hydrogen) atoms. The zero-order valence-electron chi connectivity index (χ0n) is 10.0. The molecule has 1 N–H and O–H groups in total. The van der Waals surface area contributed by atoms with Gasteiger partial charge in [0.15, 0.2) is 0 Å². The second kappa shape index (κ2) is 4.44. The summed E-state index contributed by atoms with van der Waals surface area (Å²) in [4.78, 5) is 3.22. The van der Waals surface area contributed by atoms with Crippen LogP contribution in [0.25, 0.3) is 10.9 Å². The van der Waals surface area contributed by atoms with Crippen LogP contribution in [0, 0.1) is 0 Å². The van der Waals surface area contributed by atoms with Gasteiger partial charge in [0.1, 0.15) is 5.75 Å². The molecule has 0 aliphatic carbocycles. The Balaban J connectivity index is 2.53. The summed E-state index contributed by atoms with van der Waals surface area (Å²) in [6.07, 6.45) is 5.11. The third kappa shape index (κ3) is 1.96. The molecule has 2 nitrogen and oxygen atoms in total. The van der Waals surface area contributed by atoms with Gasteiger partial charge in [0.2, 0.25) is 0 Å². The van der Waals surface area contributed by atoms with Gasteiger partial charge in [0.25, 0.3) is 0 Å². The molecule has 0 unspecified atom stereocenters. The van der Waals surface area contributed by atoms with E-state index in [2.05, 4.69) is 37.0 Å². The van der Waals surface area contributed by atoms with Crippen LogP contribution in [-0.2, 0) is 6.42 Å². The lowest BCUT2D eigenvalue weighted by molar-refractivity contribution is 0.411. The normalized spacial score (nSPS) is 10.4. The Morgan fingerprint density at radius 2 is 2.12 bits per heavy atom. The van der Waals surface area contributed by atoms with E-state index in [0.717, 1.165) is 17.7 Å². The van der Waals surface area contributed by atoms with E-state index in [1.165, 1.54) is 16.5 Å². The van der Waals surface area contributed by atoms with Crippen molar-refractivity contribution in [2.75, 3.05) is 7.11 Å². The van der Waals surface area contributed by atoms with E-state index < -0.39 is 0 Å². The van der Waals surface area contributed by atoms with Gasteiger partial charge in [-0.1, -0.05) is 11.6 Å². The van der Waals surface area contributed by atoms with Crippen molar-refractivity contribution >= 4 is 10.9 Å². The molecule has 0 saturated heterocycles. The molecule has 1 heterocycles. The number of aromatic amines is 1. The van der Waals surface area contributed by atoms with Crippen LogP contribution in [0.1, 0.15) is 19.4 Å². The summed E-state index contributed by atoms with van der Waals surface area (Å²) in [5.41, 5.74) is 3.75. The molecule has 0 amide bonds. The van der Waals surface area contributed by atoms with Crippen molar-refractivity contribution in [2.24, 2.45) is 0 Å². The van der Waals surface area contributed by atoms with Gasteiger partial charge in [0.05, 0.1) is 7.11 Å². The highest BCUT2D eigenvalue weighted by Crippen LogP contribution is 2.28. The Bertz CT molecular complexity index is 519. The fourth-order valence-corrected chi connectivity index (χ4v) is 1.88. The van der Waals surface area contributed by atoms with Gasteiger partial charge in [0, 0.05) is 22.7 Å². The van der Waals surface area contributed by atoms with Crippen molar-refractivity contribution < 1.29 is 4.74 Å². The van der Waals surface area contributed by atoms with E-state index in [1.54, 1.807) is 7.11 Å². The quantitative estimate of drug-likeness (QED) is 0.776. The number of rotatable bonds is 3. The minimum Gasteiger partial charge on any atom is -0.496 e. The summed E-state index contributed by atoms with van der Waals surface area (Å²) < 4.78 is 5.41. The van der Waals surface area contributed by atoms with Gasteiger partial charge in [-0.3, -0.25) is 0 Å². The molecule has 0 aliphatic heterocycles. The summed E-state index contributed by atoms with van der Waals surface area (Å²) in [7, 11) is 1.72. The summed E-state index contributed by atoms with van der Waals surface area (Å²) in [5, 5.41) is 1.25. The van der Waals surface area contributed by atoms with Gasteiger partial charge in [-0.25, -0.2) is 0 Å². The first-order valence-electron chi connectivity index (χ1n) is 5.48. The molecule has 2 heteroatoms. The highest BCUT2D eigenvalue weighted by molar-refractivity contribution is 5.85. The maximum Gasteiger partial charge on any atom is 0.123 e. The van der Waals surface area contributed by atoms with Crippen molar-refractivity contribution in [1.29, 1.82) is 0 Å². The first-order valence-corrected chi connectivity index (χ1v) is 5.48. The topological polar surface area (TPSA) is 25.0 Å². The van der Waals surface area contributed by atoms with E-state index in [1.807, 2.05) is 12.3 Å². The van der Waals surface area contributed by atoms with E-state index in [0.29, 0.717) is 0 Å². The van der Waals surface area contributed by atoms with Gasteiger partial charge in [-0.2, -0.15) is 0 Å². The SMILES string of the molecule is COc1ccc2[nH]ccc2c1CC=C(C)C. The van der Waals surface area contributed by atoms with Crippen LogP contribution in [-0.4, -0.2) is 12.1 Å². The fraction of sp³-hybridized carbons (Fsp3) is 0.286. The standard InChI is InChI=1S/C14H17NO/c1-10(2)4-5-12-11-8-9-15-13(11)6-7-14(12)16-3/h4,6-9,15H,5H2,1-3H3. The molecule has 2 rings (SSSR count). The maximum atomic E-state index is 5.41. The predicted octanol–water partition coefficient (Wildman–Crippen LogP) is 3.69. The van der Waals surface area contributed by atoms with Crippen LogP contribution in [0.3, 0.4) is 0 Å². The summed E-state index contributed by atoms with van der Waals surface area (Å²) in [6, 6.07) is 6.18. The molecule has 0 atom stereocenters. The molecule has 1 aromatic heterocycles. The number of methoxy groups -OCH3 is 1. The minimum absolute atomic E-state index is 0.917. The number of hydrogen-bond donors (Lipinski definition) is 1. The third-order valence-electron chi connectivity index (χ3n) is 2.74. The van der Waals surface area contributed by atoms with Crippen LogP contribution in [0.2, 0.25) is 0 Å². The number of fused-ring (bicyclic) bond motifs is 1. The zero-order valence-corrected chi connectivity index (χ0v) is 10.0. The van der Waals surface area contributed by atoms with Gasteiger partial charge in [-0.15, -0.1) is 0 Å². The number of ether oxygens (including phenoxy) is 1. The molecular formula is C14H17NO. The van der Waals surface area contributed by atoms with Crippen molar-refractivity contribution in [3.05, 3.63) is 41.6 Å². The Kier molecular flexibility index (Phi) is 3.00. The van der Waals surface area contributed by atoms with Crippen molar-refractivity contribution in [3.63, 3.8) is 0 Å². The molecular weight excluding hydrogens is 198 g/mol. The molecule has 0 spiro atoms. The van der Waals surface area contributed by atoms with E-state index in [4.69, 9.17) is 4.74 Å². The van der Waals surface area contributed by atoms with Crippen molar-refractivity contribution in [1.82, 2.24) is 4.98 Å². The highest BCUT2D eigenvalue weighted by Gasteiger charge is 2.07.